The highest BCUT2D eigenvalue weighted by molar-refractivity contribution is 5.89. The maximum atomic E-state index is 2.48. The van der Waals surface area contributed by atoms with Gasteiger partial charge in [-0.1, -0.05) is 109 Å². The van der Waals surface area contributed by atoms with Gasteiger partial charge in [0.2, 0.25) is 11.4 Å². The summed E-state index contributed by atoms with van der Waals surface area (Å²) in [5.74, 6) is 0. The zero-order valence-electron chi connectivity index (χ0n) is 21.7. The largest absolute Gasteiger partial charge is 0.334 e. The molecule has 7 rings (SSSR count). The van der Waals surface area contributed by atoms with E-state index in [2.05, 4.69) is 161 Å². The van der Waals surface area contributed by atoms with Crippen molar-refractivity contribution in [2.75, 3.05) is 6.54 Å². The summed E-state index contributed by atoms with van der Waals surface area (Å²) in [6.07, 6.45) is 7.05. The summed E-state index contributed by atoms with van der Waals surface area (Å²) < 4.78 is 2.48. The van der Waals surface area contributed by atoms with Crippen molar-refractivity contribution in [3.63, 3.8) is 0 Å². The second-order valence-electron chi connectivity index (χ2n) is 10.0. The SMILES string of the molecule is C1=C(c2ccccc2)C=C(c2ccccc2)N2CC[n+]3c(cc(-c4ccccc4)cc3-c3ccccc3)C=C12. The summed E-state index contributed by atoms with van der Waals surface area (Å²) in [6, 6.07) is 47.6. The summed E-state index contributed by atoms with van der Waals surface area (Å²) in [5.41, 5.74) is 12.3. The molecule has 0 aliphatic carbocycles. The predicted octanol–water partition coefficient (Wildman–Crippen LogP) is 8.10. The van der Waals surface area contributed by atoms with Crippen LogP contribution < -0.4 is 4.57 Å². The van der Waals surface area contributed by atoms with Gasteiger partial charge in [-0.3, -0.25) is 0 Å². The van der Waals surface area contributed by atoms with Gasteiger partial charge in [0.1, 0.15) is 0 Å². The fraction of sp³-hybridized carbons (Fsp3) is 0.0541. The van der Waals surface area contributed by atoms with E-state index in [1.807, 2.05) is 0 Å². The third-order valence-electron chi connectivity index (χ3n) is 7.59. The summed E-state index contributed by atoms with van der Waals surface area (Å²) in [7, 11) is 0. The first kappa shape index (κ1) is 23.2. The van der Waals surface area contributed by atoms with E-state index in [0.29, 0.717) is 0 Å². The van der Waals surface area contributed by atoms with Gasteiger partial charge in [0, 0.05) is 35.2 Å². The maximum absolute atomic E-state index is 2.48. The molecule has 186 valence electrons. The van der Waals surface area contributed by atoms with Gasteiger partial charge in [-0.15, -0.1) is 0 Å². The summed E-state index contributed by atoms with van der Waals surface area (Å²) >= 11 is 0. The van der Waals surface area contributed by atoms with Crippen LogP contribution in [-0.2, 0) is 6.54 Å². The van der Waals surface area contributed by atoms with Gasteiger partial charge in [-0.25, -0.2) is 0 Å². The molecule has 0 fully saturated rings. The van der Waals surface area contributed by atoms with Crippen LogP contribution in [0.2, 0.25) is 0 Å². The first-order valence-electron chi connectivity index (χ1n) is 13.6. The number of hydrogen-bond acceptors (Lipinski definition) is 1. The molecule has 0 saturated carbocycles. The van der Waals surface area contributed by atoms with Crippen molar-refractivity contribution in [3.8, 4) is 22.4 Å². The number of fused-ring (bicyclic) bond motifs is 2. The van der Waals surface area contributed by atoms with E-state index < -0.39 is 0 Å². The molecule has 2 heteroatoms. The molecule has 2 nitrogen and oxygen atoms in total. The van der Waals surface area contributed by atoms with Crippen molar-refractivity contribution in [1.29, 1.82) is 0 Å². The van der Waals surface area contributed by atoms with Crippen LogP contribution in [0.5, 0.6) is 0 Å². The van der Waals surface area contributed by atoms with Crippen LogP contribution in [-0.4, -0.2) is 11.4 Å². The fourth-order valence-electron chi connectivity index (χ4n) is 5.67. The lowest BCUT2D eigenvalue weighted by Crippen LogP contribution is -2.42. The van der Waals surface area contributed by atoms with Crippen LogP contribution in [0.1, 0.15) is 16.8 Å². The number of pyridine rings is 1. The Hall–Kier alpha value is -4.95. The second-order valence-corrected chi connectivity index (χ2v) is 10.0. The zero-order chi connectivity index (χ0) is 26.0. The molecule has 2 aliphatic rings. The third kappa shape index (κ3) is 4.51. The van der Waals surface area contributed by atoms with Crippen molar-refractivity contribution in [3.05, 3.63) is 168 Å². The molecular weight excluding hydrogens is 472 g/mol. The average molecular weight is 502 g/mol. The lowest BCUT2D eigenvalue weighted by atomic mass is 9.96. The second kappa shape index (κ2) is 10.1. The van der Waals surface area contributed by atoms with Gasteiger partial charge >= 0.3 is 0 Å². The normalized spacial score (nSPS) is 14.4. The zero-order valence-corrected chi connectivity index (χ0v) is 21.7. The Morgan fingerprint density at radius 1 is 0.487 bits per heavy atom. The van der Waals surface area contributed by atoms with Gasteiger partial charge in [0.05, 0.1) is 6.54 Å². The standard InChI is InChI=1S/C37H29N2/c1-5-13-28(14-6-1)32-23-34-27-35-24-33(29-15-7-2-8-16-29)26-37(31-19-11-4-12-20-31)39(35)22-21-38(34)36(25-32)30-17-9-3-10-18-30/h1-20,23-27H,21-22H2/q+1. The van der Waals surface area contributed by atoms with Gasteiger partial charge in [0.15, 0.2) is 6.54 Å². The first-order chi connectivity index (χ1) is 19.3. The van der Waals surface area contributed by atoms with E-state index >= 15 is 0 Å². The molecule has 0 spiro atoms. The molecule has 0 saturated heterocycles. The number of rotatable bonds is 4. The van der Waals surface area contributed by atoms with Crippen LogP contribution >= 0.6 is 0 Å². The third-order valence-corrected chi connectivity index (χ3v) is 7.59. The monoisotopic (exact) mass is 501 g/mol. The Labute approximate surface area is 230 Å². The number of nitrogens with zero attached hydrogens (tertiary/aromatic N) is 2. The Kier molecular flexibility index (Phi) is 5.99. The van der Waals surface area contributed by atoms with Gasteiger partial charge in [-0.2, -0.15) is 4.57 Å². The number of hydrogen-bond donors (Lipinski definition) is 0. The molecule has 0 amide bonds. The Bertz CT molecular complexity index is 1710. The van der Waals surface area contributed by atoms with Crippen molar-refractivity contribution in [2.45, 2.75) is 6.54 Å². The van der Waals surface area contributed by atoms with E-state index in [1.165, 1.54) is 56.2 Å². The van der Waals surface area contributed by atoms with E-state index in [4.69, 9.17) is 0 Å². The van der Waals surface area contributed by atoms with Crippen LogP contribution in [0.15, 0.2) is 151 Å². The van der Waals surface area contributed by atoms with Crippen LogP contribution in [0.25, 0.3) is 39.7 Å². The average Bonchev–Trinajstić information content (AvgIpc) is 3.21. The molecule has 39 heavy (non-hydrogen) atoms. The topological polar surface area (TPSA) is 7.12 Å². The molecule has 0 unspecified atom stereocenters. The van der Waals surface area contributed by atoms with Crippen LogP contribution in [0.3, 0.4) is 0 Å². The highest BCUT2D eigenvalue weighted by Gasteiger charge is 2.29. The lowest BCUT2D eigenvalue weighted by Gasteiger charge is -2.30. The van der Waals surface area contributed by atoms with E-state index in [-0.39, 0.29) is 0 Å². The smallest absolute Gasteiger partial charge is 0.213 e. The number of benzene rings is 4. The van der Waals surface area contributed by atoms with Crippen molar-refractivity contribution in [1.82, 2.24) is 4.90 Å². The van der Waals surface area contributed by atoms with Crippen LogP contribution in [0, 0.1) is 0 Å². The van der Waals surface area contributed by atoms with Crippen molar-refractivity contribution < 1.29 is 4.57 Å². The van der Waals surface area contributed by atoms with Crippen molar-refractivity contribution >= 4 is 17.3 Å². The van der Waals surface area contributed by atoms with Crippen molar-refractivity contribution in [2.24, 2.45) is 0 Å². The molecule has 0 N–H and O–H groups in total. The Balaban J connectivity index is 1.44. The van der Waals surface area contributed by atoms with Gasteiger partial charge < -0.3 is 4.90 Å². The van der Waals surface area contributed by atoms with E-state index in [1.54, 1.807) is 0 Å². The molecule has 0 radical (unpaired) electrons. The van der Waals surface area contributed by atoms with Gasteiger partial charge in [-0.05, 0) is 52.1 Å². The quantitative estimate of drug-likeness (QED) is 0.226. The minimum Gasteiger partial charge on any atom is -0.334 e. The predicted molar refractivity (Wildman–Crippen MR) is 161 cm³/mol. The molecule has 3 heterocycles. The number of allylic oxidation sites excluding steroid dienone is 3. The minimum atomic E-state index is 0.882. The Morgan fingerprint density at radius 3 is 1.69 bits per heavy atom. The summed E-state index contributed by atoms with van der Waals surface area (Å²) in [4.78, 5) is 2.48. The summed E-state index contributed by atoms with van der Waals surface area (Å²) in [5, 5.41) is 0. The minimum absolute atomic E-state index is 0.882. The highest BCUT2D eigenvalue weighted by atomic mass is 15.2. The maximum Gasteiger partial charge on any atom is 0.213 e. The molecular formula is C37H29N2+. The molecule has 4 aromatic carbocycles. The summed E-state index contributed by atoms with van der Waals surface area (Å²) in [6.45, 7) is 1.76. The van der Waals surface area contributed by atoms with Crippen LogP contribution in [0.4, 0.5) is 0 Å². The fourth-order valence-corrected chi connectivity index (χ4v) is 5.67. The first-order valence-corrected chi connectivity index (χ1v) is 13.6. The molecule has 2 aliphatic heterocycles. The molecule has 5 aromatic rings. The highest BCUT2D eigenvalue weighted by Crippen LogP contribution is 2.36. The molecule has 0 bridgehead atoms. The van der Waals surface area contributed by atoms with Gasteiger partial charge in [0.25, 0.3) is 0 Å². The van der Waals surface area contributed by atoms with E-state index in [9.17, 15) is 0 Å². The number of aromatic nitrogens is 1. The lowest BCUT2D eigenvalue weighted by molar-refractivity contribution is -0.686. The Morgan fingerprint density at radius 2 is 1.05 bits per heavy atom. The van der Waals surface area contributed by atoms with E-state index in [0.717, 1.165) is 13.1 Å². The molecule has 0 atom stereocenters. The molecule has 1 aromatic heterocycles.